The Labute approximate surface area is 207 Å². The SMILES string of the molecule is C[C@]1(C(F)(F)F)CC[C@@]2(C(=O)NC3CC3)c3cc4cnn(-c5ccc(F)cc5)c4cc3CCC[C@@H]2C1. The summed E-state index contributed by atoms with van der Waals surface area (Å²) in [4.78, 5) is 13.9. The topological polar surface area (TPSA) is 46.9 Å². The number of fused-ring (bicyclic) bond motifs is 4. The van der Waals surface area contributed by atoms with Crippen LogP contribution in [0.1, 0.15) is 63.0 Å². The minimum Gasteiger partial charge on any atom is -0.353 e. The molecule has 0 saturated heterocycles. The van der Waals surface area contributed by atoms with Crippen LogP contribution in [-0.4, -0.2) is 27.9 Å². The number of rotatable bonds is 3. The lowest BCUT2D eigenvalue weighted by molar-refractivity contribution is -0.237. The van der Waals surface area contributed by atoms with E-state index in [-0.39, 0.29) is 42.9 Å². The molecular formula is C28H29F4N3O. The third-order valence-electron chi connectivity index (χ3n) is 8.81. The minimum atomic E-state index is -4.30. The highest BCUT2D eigenvalue weighted by molar-refractivity contribution is 5.92. The van der Waals surface area contributed by atoms with Crippen LogP contribution in [0.5, 0.6) is 0 Å². The molecule has 4 nitrogen and oxygen atoms in total. The third-order valence-corrected chi connectivity index (χ3v) is 8.81. The molecule has 1 N–H and O–H groups in total. The lowest BCUT2D eigenvalue weighted by Gasteiger charge is -2.50. The van der Waals surface area contributed by atoms with Crippen LogP contribution < -0.4 is 5.32 Å². The largest absolute Gasteiger partial charge is 0.394 e. The van der Waals surface area contributed by atoms with Crippen LogP contribution in [-0.2, 0) is 16.6 Å². The highest BCUT2D eigenvalue weighted by Crippen LogP contribution is 2.59. The van der Waals surface area contributed by atoms with Crippen LogP contribution in [0.4, 0.5) is 17.6 Å². The van der Waals surface area contributed by atoms with Crippen LogP contribution in [0.2, 0.25) is 0 Å². The molecule has 3 atom stereocenters. The van der Waals surface area contributed by atoms with Gasteiger partial charge in [0.2, 0.25) is 5.91 Å². The van der Waals surface area contributed by atoms with E-state index in [1.807, 2.05) is 12.1 Å². The number of halogens is 4. The minimum absolute atomic E-state index is 0.0408. The maximum atomic E-state index is 14.1. The number of alkyl halides is 3. The maximum absolute atomic E-state index is 14.1. The van der Waals surface area contributed by atoms with E-state index in [1.54, 1.807) is 23.0 Å². The van der Waals surface area contributed by atoms with Crippen molar-refractivity contribution in [1.29, 1.82) is 0 Å². The van der Waals surface area contributed by atoms with Crippen molar-refractivity contribution < 1.29 is 22.4 Å². The van der Waals surface area contributed by atoms with E-state index in [9.17, 15) is 22.4 Å². The predicted octanol–water partition coefficient (Wildman–Crippen LogP) is 6.39. The number of aromatic nitrogens is 2. The summed E-state index contributed by atoms with van der Waals surface area (Å²) in [7, 11) is 0. The van der Waals surface area contributed by atoms with Gasteiger partial charge < -0.3 is 5.32 Å². The smallest absolute Gasteiger partial charge is 0.353 e. The zero-order valence-corrected chi connectivity index (χ0v) is 20.2. The van der Waals surface area contributed by atoms with Gasteiger partial charge in [0.05, 0.1) is 28.2 Å². The molecule has 2 saturated carbocycles. The molecule has 8 heteroatoms. The summed E-state index contributed by atoms with van der Waals surface area (Å²) in [6.07, 6.45) is 1.31. The lowest BCUT2D eigenvalue weighted by atomic mass is 9.54. The fourth-order valence-electron chi connectivity index (χ4n) is 6.49. The Bertz CT molecular complexity index is 1330. The highest BCUT2D eigenvalue weighted by Gasteiger charge is 2.61. The molecule has 1 aromatic heterocycles. The second kappa shape index (κ2) is 8.05. The van der Waals surface area contributed by atoms with Gasteiger partial charge in [-0.1, -0.05) is 6.92 Å². The second-order valence-corrected chi connectivity index (χ2v) is 11.2. The van der Waals surface area contributed by atoms with Crippen molar-refractivity contribution in [2.24, 2.45) is 11.3 Å². The average molecular weight is 500 g/mol. The first-order valence-corrected chi connectivity index (χ1v) is 12.8. The van der Waals surface area contributed by atoms with E-state index >= 15 is 0 Å². The number of nitrogens with one attached hydrogen (secondary N) is 1. The summed E-state index contributed by atoms with van der Waals surface area (Å²) >= 11 is 0. The first-order chi connectivity index (χ1) is 17.1. The van der Waals surface area contributed by atoms with Gasteiger partial charge >= 0.3 is 6.18 Å². The molecule has 0 bridgehead atoms. The molecule has 3 aliphatic carbocycles. The molecule has 3 aliphatic rings. The number of benzene rings is 2. The van der Waals surface area contributed by atoms with Crippen LogP contribution >= 0.6 is 0 Å². The van der Waals surface area contributed by atoms with E-state index in [1.165, 1.54) is 19.1 Å². The predicted molar refractivity (Wildman–Crippen MR) is 128 cm³/mol. The molecule has 0 radical (unpaired) electrons. The van der Waals surface area contributed by atoms with Crippen LogP contribution in [0.25, 0.3) is 16.6 Å². The van der Waals surface area contributed by atoms with Crippen molar-refractivity contribution in [2.75, 3.05) is 0 Å². The van der Waals surface area contributed by atoms with Crippen LogP contribution in [0.15, 0.2) is 42.6 Å². The number of aryl methyl sites for hydroxylation is 1. The van der Waals surface area contributed by atoms with Crippen molar-refractivity contribution in [3.05, 3.63) is 59.5 Å². The van der Waals surface area contributed by atoms with Gasteiger partial charge in [-0.2, -0.15) is 18.3 Å². The summed E-state index contributed by atoms with van der Waals surface area (Å²) in [6.45, 7) is 1.32. The molecule has 1 heterocycles. The normalized spacial score (nSPS) is 28.3. The Balaban J connectivity index is 1.49. The van der Waals surface area contributed by atoms with Crippen molar-refractivity contribution in [3.8, 4) is 5.69 Å². The molecule has 6 rings (SSSR count). The number of carbonyl (C=O) groups is 1. The maximum Gasteiger partial charge on any atom is 0.394 e. The number of hydrogen-bond acceptors (Lipinski definition) is 2. The van der Waals surface area contributed by atoms with Gasteiger partial charge in [0.15, 0.2) is 0 Å². The summed E-state index contributed by atoms with van der Waals surface area (Å²) in [5.74, 6) is -0.836. The van der Waals surface area contributed by atoms with Gasteiger partial charge in [-0.05, 0) is 105 Å². The Morgan fingerprint density at radius 1 is 1.11 bits per heavy atom. The van der Waals surface area contributed by atoms with Crippen molar-refractivity contribution in [1.82, 2.24) is 15.1 Å². The van der Waals surface area contributed by atoms with Crippen LogP contribution in [0.3, 0.4) is 0 Å². The fourth-order valence-corrected chi connectivity index (χ4v) is 6.49. The van der Waals surface area contributed by atoms with E-state index in [2.05, 4.69) is 10.4 Å². The quantitative estimate of drug-likeness (QED) is 0.425. The second-order valence-electron chi connectivity index (χ2n) is 11.2. The number of nitrogens with zero attached hydrogens (tertiary/aromatic N) is 2. The number of hydrogen-bond donors (Lipinski definition) is 1. The molecule has 1 amide bonds. The molecule has 2 fully saturated rings. The van der Waals surface area contributed by atoms with Gasteiger partial charge in [0.1, 0.15) is 5.82 Å². The van der Waals surface area contributed by atoms with Crippen molar-refractivity contribution >= 4 is 16.8 Å². The first-order valence-electron chi connectivity index (χ1n) is 12.8. The molecule has 0 unspecified atom stereocenters. The third kappa shape index (κ3) is 3.63. The van der Waals surface area contributed by atoms with Gasteiger partial charge in [-0.3, -0.25) is 4.79 Å². The van der Waals surface area contributed by atoms with Crippen LogP contribution in [0, 0.1) is 17.2 Å². The molecule has 0 aliphatic heterocycles. The fraction of sp³-hybridized carbons (Fsp3) is 0.500. The Hall–Kier alpha value is -2.90. The monoisotopic (exact) mass is 499 g/mol. The van der Waals surface area contributed by atoms with Crippen molar-refractivity contribution in [3.63, 3.8) is 0 Å². The molecule has 36 heavy (non-hydrogen) atoms. The van der Waals surface area contributed by atoms with Gasteiger partial charge in [0, 0.05) is 11.4 Å². The molecule has 0 spiro atoms. The summed E-state index contributed by atoms with van der Waals surface area (Å²) < 4.78 is 57.5. The number of amides is 1. The van der Waals surface area contributed by atoms with E-state index in [4.69, 9.17) is 0 Å². The summed E-state index contributed by atoms with van der Waals surface area (Å²) in [5, 5.41) is 8.50. The Kier molecular flexibility index (Phi) is 5.25. The molecule has 2 aromatic carbocycles. The summed E-state index contributed by atoms with van der Waals surface area (Å²) in [5.41, 5.74) is 0.646. The lowest BCUT2D eigenvalue weighted by Crippen LogP contribution is -2.56. The average Bonchev–Trinajstić information content (AvgIpc) is 3.58. The summed E-state index contributed by atoms with van der Waals surface area (Å²) in [6, 6.07) is 10.2. The van der Waals surface area contributed by atoms with Gasteiger partial charge in [-0.25, -0.2) is 9.07 Å². The number of carbonyl (C=O) groups excluding carboxylic acids is 1. The van der Waals surface area contributed by atoms with E-state index in [0.29, 0.717) is 12.8 Å². The highest BCUT2D eigenvalue weighted by atomic mass is 19.4. The Morgan fingerprint density at radius 2 is 1.86 bits per heavy atom. The first kappa shape index (κ1) is 23.5. The Morgan fingerprint density at radius 3 is 2.56 bits per heavy atom. The van der Waals surface area contributed by atoms with E-state index in [0.717, 1.165) is 47.0 Å². The molecule has 190 valence electrons. The molecule has 3 aromatic rings. The zero-order valence-electron chi connectivity index (χ0n) is 20.2. The molecular weight excluding hydrogens is 470 g/mol. The van der Waals surface area contributed by atoms with Gasteiger partial charge in [0.25, 0.3) is 0 Å². The van der Waals surface area contributed by atoms with Gasteiger partial charge in [-0.15, -0.1) is 0 Å². The zero-order chi connectivity index (χ0) is 25.3. The standard InChI is InChI=1S/C28H29F4N3O/c1-26(28(30,31)32)11-12-27(25(36)34-21-7-8-21)19(15-26)4-2-3-17-14-24-18(13-23(17)27)16-33-35(24)22-9-5-20(29)6-10-22/h5-6,9-10,13-14,16,19,21H,2-4,7-8,11-12,15H2,1H3,(H,34,36)/t19-,26+,27+/m1/s1. The van der Waals surface area contributed by atoms with E-state index < -0.39 is 17.0 Å². The van der Waals surface area contributed by atoms with Crippen molar-refractivity contribution in [2.45, 2.75) is 75.9 Å².